The van der Waals surface area contributed by atoms with Crippen LogP contribution < -0.4 is 0 Å². The van der Waals surface area contributed by atoms with Crippen molar-refractivity contribution in [3.05, 3.63) is 34.9 Å². The van der Waals surface area contributed by atoms with Gasteiger partial charge in [-0.2, -0.15) is 0 Å². The van der Waals surface area contributed by atoms with Gasteiger partial charge in [0.25, 0.3) is 0 Å². The molecule has 0 amide bonds. The number of aliphatic hydroxyl groups excluding tert-OH is 1. The van der Waals surface area contributed by atoms with E-state index in [2.05, 4.69) is 73.6 Å². The summed E-state index contributed by atoms with van der Waals surface area (Å²) in [5.74, 6) is 3.36. The van der Waals surface area contributed by atoms with Gasteiger partial charge >= 0.3 is 0 Å². The first-order valence-corrected chi connectivity index (χ1v) is 13.2. The van der Waals surface area contributed by atoms with Crippen LogP contribution in [0.2, 0.25) is 0 Å². The molecule has 0 aromatic rings. The van der Waals surface area contributed by atoms with Crippen molar-refractivity contribution in [1.82, 2.24) is 0 Å². The van der Waals surface area contributed by atoms with Crippen LogP contribution in [0.1, 0.15) is 100 Å². The van der Waals surface area contributed by atoms with Crippen molar-refractivity contribution in [2.45, 2.75) is 106 Å². The summed E-state index contributed by atoms with van der Waals surface area (Å²) < 4.78 is 0. The second-order valence-corrected chi connectivity index (χ2v) is 13.1. The van der Waals surface area contributed by atoms with Crippen LogP contribution in [0.15, 0.2) is 34.9 Å². The van der Waals surface area contributed by atoms with E-state index >= 15 is 0 Å². The highest BCUT2D eigenvalue weighted by molar-refractivity contribution is 5.50. The number of hydrogen-bond donors (Lipinski definition) is 1. The summed E-state index contributed by atoms with van der Waals surface area (Å²) >= 11 is 0. The predicted octanol–water partition coefficient (Wildman–Crippen LogP) is 8.11. The number of rotatable bonds is 4. The van der Waals surface area contributed by atoms with Crippen molar-refractivity contribution < 1.29 is 5.11 Å². The molecule has 0 aromatic carbocycles. The minimum atomic E-state index is -0.141. The quantitative estimate of drug-likeness (QED) is 0.452. The Kier molecular flexibility index (Phi) is 5.94. The molecule has 4 aliphatic rings. The van der Waals surface area contributed by atoms with Crippen molar-refractivity contribution >= 4 is 0 Å². The van der Waals surface area contributed by atoms with Crippen LogP contribution >= 0.6 is 0 Å². The summed E-state index contributed by atoms with van der Waals surface area (Å²) in [4.78, 5) is 0. The van der Waals surface area contributed by atoms with E-state index in [4.69, 9.17) is 0 Å². The van der Waals surface area contributed by atoms with Crippen LogP contribution in [0.3, 0.4) is 0 Å². The zero-order chi connectivity index (χ0) is 22.8. The Balaban J connectivity index is 1.61. The maximum absolute atomic E-state index is 10.8. The minimum Gasteiger partial charge on any atom is -0.393 e. The van der Waals surface area contributed by atoms with E-state index in [1.54, 1.807) is 16.7 Å². The first-order valence-electron chi connectivity index (χ1n) is 13.2. The van der Waals surface area contributed by atoms with Crippen molar-refractivity contribution in [1.29, 1.82) is 0 Å². The van der Waals surface area contributed by atoms with E-state index in [1.165, 1.54) is 38.5 Å². The third kappa shape index (κ3) is 3.53. The van der Waals surface area contributed by atoms with Gasteiger partial charge in [-0.25, -0.2) is 0 Å². The molecule has 174 valence electrons. The average Bonchev–Trinajstić information content (AvgIpc) is 3.06. The van der Waals surface area contributed by atoms with Gasteiger partial charge in [-0.05, 0) is 102 Å². The van der Waals surface area contributed by atoms with Crippen LogP contribution in [0.4, 0.5) is 0 Å². The summed E-state index contributed by atoms with van der Waals surface area (Å²) in [7, 11) is 0. The molecule has 4 rings (SSSR count). The maximum Gasteiger partial charge on any atom is 0.0594 e. The van der Waals surface area contributed by atoms with Crippen molar-refractivity contribution in [3.63, 3.8) is 0 Å². The Morgan fingerprint density at radius 3 is 2.32 bits per heavy atom. The van der Waals surface area contributed by atoms with Crippen molar-refractivity contribution in [2.75, 3.05) is 0 Å². The van der Waals surface area contributed by atoms with Gasteiger partial charge < -0.3 is 5.11 Å². The van der Waals surface area contributed by atoms with Crippen molar-refractivity contribution in [3.8, 4) is 0 Å². The third-order valence-corrected chi connectivity index (χ3v) is 10.8. The normalized spacial score (nSPS) is 41.6. The van der Waals surface area contributed by atoms with E-state index < -0.39 is 0 Å². The Labute approximate surface area is 192 Å². The highest BCUT2D eigenvalue weighted by Crippen LogP contribution is 2.66. The van der Waals surface area contributed by atoms with Gasteiger partial charge in [-0.3, -0.25) is 0 Å². The molecule has 4 aliphatic carbocycles. The summed E-state index contributed by atoms with van der Waals surface area (Å²) in [6.45, 7) is 19.3. The molecule has 1 N–H and O–H groups in total. The molecular weight excluding hydrogens is 376 g/mol. The fourth-order valence-electron chi connectivity index (χ4n) is 8.22. The van der Waals surface area contributed by atoms with Crippen LogP contribution in [0.5, 0.6) is 0 Å². The highest BCUT2D eigenvalue weighted by atomic mass is 16.3. The van der Waals surface area contributed by atoms with Gasteiger partial charge in [0.1, 0.15) is 0 Å². The molecule has 0 bridgehead atoms. The molecule has 0 radical (unpaired) electrons. The number of hydrogen-bond acceptors (Lipinski definition) is 1. The summed E-state index contributed by atoms with van der Waals surface area (Å²) in [6, 6.07) is 0. The zero-order valence-electron chi connectivity index (χ0n) is 21.6. The molecule has 1 unspecified atom stereocenters. The molecule has 1 fully saturated rings. The lowest BCUT2D eigenvalue weighted by atomic mass is 9.46. The Bertz CT molecular complexity index is 795. The largest absolute Gasteiger partial charge is 0.393 e. The second-order valence-electron chi connectivity index (χ2n) is 13.1. The van der Waals surface area contributed by atoms with E-state index in [0.29, 0.717) is 29.1 Å². The zero-order valence-corrected chi connectivity index (χ0v) is 21.6. The van der Waals surface area contributed by atoms with E-state index in [0.717, 1.165) is 12.3 Å². The fourth-order valence-corrected chi connectivity index (χ4v) is 8.22. The molecule has 0 aliphatic heterocycles. The number of allylic oxidation sites excluding steroid dienone is 6. The molecule has 0 aromatic heterocycles. The number of fused-ring (bicyclic) bond motifs is 4. The minimum absolute atomic E-state index is 0.0330. The van der Waals surface area contributed by atoms with Gasteiger partial charge in [0.05, 0.1) is 6.10 Å². The average molecular weight is 425 g/mol. The first-order chi connectivity index (χ1) is 14.4. The first kappa shape index (κ1) is 23.3. The topological polar surface area (TPSA) is 20.2 Å². The van der Waals surface area contributed by atoms with Crippen LogP contribution in [-0.4, -0.2) is 11.2 Å². The SMILES string of the molecule is CC(C)[C@@H](C)/C=C/[C@@H](C)[C@H]1CC=C2C3=C(CC[C@@]21C)[C@@]1(C)CC[C@H](O)C(C)(C)C1CC3. The molecule has 7 atom stereocenters. The Morgan fingerprint density at radius 2 is 1.65 bits per heavy atom. The smallest absolute Gasteiger partial charge is 0.0594 e. The van der Waals surface area contributed by atoms with Crippen molar-refractivity contribution in [2.24, 2.45) is 45.8 Å². The molecule has 1 heteroatoms. The monoisotopic (exact) mass is 424 g/mol. The lowest BCUT2D eigenvalue weighted by Gasteiger charge is -2.59. The molecule has 0 heterocycles. The molecule has 0 saturated heterocycles. The van der Waals surface area contributed by atoms with Crippen LogP contribution in [-0.2, 0) is 0 Å². The van der Waals surface area contributed by atoms with E-state index in [9.17, 15) is 5.11 Å². The molecule has 1 saturated carbocycles. The summed E-state index contributed by atoms with van der Waals surface area (Å²) in [5, 5.41) is 10.8. The van der Waals surface area contributed by atoms with Gasteiger partial charge in [-0.15, -0.1) is 0 Å². The second kappa shape index (κ2) is 7.89. The predicted molar refractivity (Wildman–Crippen MR) is 133 cm³/mol. The number of aliphatic hydroxyl groups is 1. The molecule has 1 nitrogen and oxygen atoms in total. The molecule has 0 spiro atoms. The van der Waals surface area contributed by atoms with Gasteiger partial charge in [0.15, 0.2) is 0 Å². The molecular formula is C30H48O. The van der Waals surface area contributed by atoms with Crippen LogP contribution in [0.25, 0.3) is 0 Å². The summed E-state index contributed by atoms with van der Waals surface area (Å²) in [5.41, 5.74) is 5.91. The van der Waals surface area contributed by atoms with Crippen LogP contribution in [0, 0.1) is 45.8 Å². The summed E-state index contributed by atoms with van der Waals surface area (Å²) in [6.07, 6.45) is 16.0. The standard InChI is InChI=1S/C30H48O/c1-19(2)20(3)9-10-21(4)23-12-13-24-22-11-14-26-28(5,6)27(31)16-18-30(26,8)25(22)15-17-29(23,24)7/h9-10,13,19-21,23,26-27,31H,11-12,14-18H2,1-8H3/b10-9+/t20-,21+,23+,26?,27-,29+,30+/m0/s1. The van der Waals surface area contributed by atoms with Gasteiger partial charge in [-0.1, -0.05) is 79.2 Å². The van der Waals surface area contributed by atoms with Gasteiger partial charge in [0, 0.05) is 0 Å². The van der Waals surface area contributed by atoms with E-state index in [1.807, 2.05) is 0 Å². The Hall–Kier alpha value is -0.820. The third-order valence-electron chi connectivity index (χ3n) is 10.8. The maximum atomic E-state index is 10.8. The lowest BCUT2D eigenvalue weighted by Crippen LogP contribution is -2.53. The lowest BCUT2D eigenvalue weighted by molar-refractivity contribution is -0.0904. The van der Waals surface area contributed by atoms with E-state index in [-0.39, 0.29) is 16.9 Å². The van der Waals surface area contributed by atoms with Gasteiger partial charge in [0.2, 0.25) is 0 Å². The molecule has 31 heavy (non-hydrogen) atoms. The highest BCUT2D eigenvalue weighted by Gasteiger charge is 2.57. The fraction of sp³-hybridized carbons (Fsp3) is 0.800. The Morgan fingerprint density at radius 1 is 0.935 bits per heavy atom.